The third-order valence-corrected chi connectivity index (χ3v) is 3.56. The summed E-state index contributed by atoms with van der Waals surface area (Å²) in [5.74, 6) is -1.17. The zero-order chi connectivity index (χ0) is 15.9. The lowest BCUT2D eigenvalue weighted by Gasteiger charge is -2.12. The van der Waals surface area contributed by atoms with Gasteiger partial charge in [0.15, 0.2) is 0 Å². The lowest BCUT2D eigenvalue weighted by atomic mass is 10.1. The molecule has 4 N–H and O–H groups in total. The predicted octanol–water partition coefficient (Wildman–Crippen LogP) is 1.06. The van der Waals surface area contributed by atoms with E-state index in [4.69, 9.17) is 5.14 Å². The topological polar surface area (TPSA) is 101 Å². The van der Waals surface area contributed by atoms with Gasteiger partial charge in [-0.3, -0.25) is 4.79 Å². The normalized spacial score (nSPS) is 11.2. The maximum Gasteiger partial charge on any atom is 0.253 e. The van der Waals surface area contributed by atoms with Crippen LogP contribution in [0.25, 0.3) is 0 Å². The largest absolute Gasteiger partial charge is 0.382 e. The molecule has 0 saturated carbocycles. The van der Waals surface area contributed by atoms with Crippen molar-refractivity contribution in [2.75, 3.05) is 24.2 Å². The molecule has 0 spiro atoms. The number of carbonyl (C=O) groups excluding carboxylic acids is 1. The molecular weight excluding hydrogens is 297 g/mol. The van der Waals surface area contributed by atoms with Crippen molar-refractivity contribution in [3.63, 3.8) is 0 Å². The molecule has 6 nitrogen and oxygen atoms in total. The molecule has 1 rings (SSSR count). The zero-order valence-corrected chi connectivity index (χ0v) is 12.7. The first-order valence-corrected chi connectivity index (χ1v) is 8.37. The van der Waals surface area contributed by atoms with Gasteiger partial charge in [0.25, 0.3) is 5.91 Å². The number of halogens is 1. The fourth-order valence-electron chi connectivity index (χ4n) is 1.71. The number of para-hydroxylation sites is 1. The molecule has 0 atom stereocenters. The average molecular weight is 317 g/mol. The van der Waals surface area contributed by atoms with Gasteiger partial charge in [-0.05, 0) is 25.0 Å². The molecule has 0 radical (unpaired) electrons. The van der Waals surface area contributed by atoms with Crippen LogP contribution in [0.4, 0.5) is 10.1 Å². The van der Waals surface area contributed by atoms with Crippen LogP contribution >= 0.6 is 0 Å². The van der Waals surface area contributed by atoms with Gasteiger partial charge in [-0.25, -0.2) is 17.9 Å². The van der Waals surface area contributed by atoms with Crippen molar-refractivity contribution >= 4 is 21.6 Å². The van der Waals surface area contributed by atoms with Crippen LogP contribution in [-0.2, 0) is 10.0 Å². The molecule has 1 amide bonds. The Hall–Kier alpha value is -1.67. The lowest BCUT2D eigenvalue weighted by molar-refractivity contribution is 0.0954. The van der Waals surface area contributed by atoms with Gasteiger partial charge in [-0.2, -0.15) is 0 Å². The lowest BCUT2D eigenvalue weighted by Crippen LogP contribution is -2.28. The Labute approximate surface area is 124 Å². The molecular formula is C13H20FN3O3S. The molecule has 0 aliphatic carbocycles. The Morgan fingerprint density at radius 1 is 1.33 bits per heavy atom. The number of sulfonamides is 1. The van der Waals surface area contributed by atoms with Crippen molar-refractivity contribution in [2.24, 2.45) is 5.14 Å². The van der Waals surface area contributed by atoms with E-state index in [9.17, 15) is 17.6 Å². The second-order valence-corrected chi connectivity index (χ2v) is 6.30. The molecule has 1 aromatic carbocycles. The first-order chi connectivity index (χ1) is 9.85. The number of hydrogen-bond donors (Lipinski definition) is 3. The molecule has 0 aliphatic rings. The van der Waals surface area contributed by atoms with Gasteiger partial charge in [-0.15, -0.1) is 0 Å². The van der Waals surface area contributed by atoms with Crippen LogP contribution in [0.1, 0.15) is 30.1 Å². The monoisotopic (exact) mass is 317 g/mol. The first kappa shape index (κ1) is 17.4. The highest BCUT2D eigenvalue weighted by molar-refractivity contribution is 7.89. The van der Waals surface area contributed by atoms with E-state index in [0.717, 1.165) is 6.42 Å². The first-order valence-electron chi connectivity index (χ1n) is 6.66. The van der Waals surface area contributed by atoms with E-state index >= 15 is 0 Å². The summed E-state index contributed by atoms with van der Waals surface area (Å²) < 4.78 is 35.3. The van der Waals surface area contributed by atoms with E-state index < -0.39 is 21.7 Å². The Bertz CT molecular complexity index is 590. The maximum absolute atomic E-state index is 13.7. The quantitative estimate of drug-likeness (QED) is 0.624. The van der Waals surface area contributed by atoms with Crippen LogP contribution < -0.4 is 15.8 Å². The van der Waals surface area contributed by atoms with Crippen LogP contribution in [-0.4, -0.2) is 33.2 Å². The van der Waals surface area contributed by atoms with E-state index in [1.54, 1.807) is 0 Å². The third kappa shape index (κ3) is 6.09. The van der Waals surface area contributed by atoms with Crippen molar-refractivity contribution in [3.05, 3.63) is 29.6 Å². The van der Waals surface area contributed by atoms with Crippen LogP contribution in [0.5, 0.6) is 0 Å². The van der Waals surface area contributed by atoms with E-state index in [1.165, 1.54) is 18.2 Å². The van der Waals surface area contributed by atoms with Crippen LogP contribution in [0, 0.1) is 5.82 Å². The molecule has 1 aromatic rings. The second-order valence-electron chi connectivity index (χ2n) is 4.57. The minimum absolute atomic E-state index is 0.152. The third-order valence-electron chi connectivity index (χ3n) is 2.70. The fourth-order valence-corrected chi connectivity index (χ4v) is 2.26. The van der Waals surface area contributed by atoms with E-state index in [2.05, 4.69) is 10.6 Å². The van der Waals surface area contributed by atoms with E-state index in [1.807, 2.05) is 6.92 Å². The molecule has 0 aliphatic heterocycles. The number of rotatable bonds is 8. The highest BCUT2D eigenvalue weighted by Crippen LogP contribution is 2.19. The predicted molar refractivity (Wildman–Crippen MR) is 80.1 cm³/mol. The molecule has 118 valence electrons. The molecule has 0 saturated heterocycles. The summed E-state index contributed by atoms with van der Waals surface area (Å²) in [6.07, 6.45) is 1.00. The summed E-state index contributed by atoms with van der Waals surface area (Å²) in [6.45, 7) is 2.63. The highest BCUT2D eigenvalue weighted by atomic mass is 32.2. The number of nitrogens with one attached hydrogen (secondary N) is 2. The van der Waals surface area contributed by atoms with Crippen molar-refractivity contribution in [3.8, 4) is 0 Å². The summed E-state index contributed by atoms with van der Waals surface area (Å²) in [5, 5.41) is 10.3. The molecule has 0 unspecified atom stereocenters. The SMILES string of the molecule is CCCNc1c(F)cccc1C(=O)NCCCS(N)(=O)=O. The van der Waals surface area contributed by atoms with Crippen molar-refractivity contribution in [1.29, 1.82) is 0 Å². The number of nitrogens with two attached hydrogens (primary N) is 1. The molecule has 0 aromatic heterocycles. The van der Waals surface area contributed by atoms with Gasteiger partial charge in [0.05, 0.1) is 17.0 Å². The van der Waals surface area contributed by atoms with Gasteiger partial charge in [0, 0.05) is 13.1 Å². The molecule has 21 heavy (non-hydrogen) atoms. The molecule has 0 fully saturated rings. The minimum atomic E-state index is -3.54. The van der Waals surface area contributed by atoms with Gasteiger partial charge in [0.2, 0.25) is 10.0 Å². The van der Waals surface area contributed by atoms with Gasteiger partial charge < -0.3 is 10.6 Å². The number of benzene rings is 1. The number of anilines is 1. The van der Waals surface area contributed by atoms with Crippen molar-refractivity contribution < 1.29 is 17.6 Å². The molecule has 0 bridgehead atoms. The average Bonchev–Trinajstić information content (AvgIpc) is 2.40. The van der Waals surface area contributed by atoms with Crippen LogP contribution in [0.15, 0.2) is 18.2 Å². The van der Waals surface area contributed by atoms with Crippen LogP contribution in [0.3, 0.4) is 0 Å². The Morgan fingerprint density at radius 3 is 2.67 bits per heavy atom. The summed E-state index contributed by atoms with van der Waals surface area (Å²) in [4.78, 5) is 12.0. The Kier molecular flexibility index (Phi) is 6.57. The smallest absolute Gasteiger partial charge is 0.253 e. The minimum Gasteiger partial charge on any atom is -0.382 e. The van der Waals surface area contributed by atoms with E-state index in [-0.39, 0.29) is 30.0 Å². The number of amides is 1. The highest BCUT2D eigenvalue weighted by Gasteiger charge is 2.14. The van der Waals surface area contributed by atoms with Gasteiger partial charge in [-0.1, -0.05) is 13.0 Å². The standard InChI is InChI=1S/C13H20FN3O3S/c1-2-7-16-12-10(5-3-6-11(12)14)13(18)17-8-4-9-21(15,19)20/h3,5-6,16H,2,4,7-9H2,1H3,(H,17,18)(H2,15,19,20). The van der Waals surface area contributed by atoms with Gasteiger partial charge >= 0.3 is 0 Å². The van der Waals surface area contributed by atoms with Gasteiger partial charge in [0.1, 0.15) is 5.82 Å². The Balaban J connectivity index is 2.67. The number of carbonyl (C=O) groups is 1. The van der Waals surface area contributed by atoms with Crippen molar-refractivity contribution in [2.45, 2.75) is 19.8 Å². The van der Waals surface area contributed by atoms with Crippen molar-refractivity contribution in [1.82, 2.24) is 5.32 Å². The summed E-state index contributed by atoms with van der Waals surface area (Å²) in [6, 6.07) is 4.23. The number of primary sulfonamides is 1. The van der Waals surface area contributed by atoms with E-state index in [0.29, 0.717) is 6.54 Å². The molecule has 0 heterocycles. The summed E-state index contributed by atoms with van der Waals surface area (Å²) >= 11 is 0. The molecule has 8 heteroatoms. The summed E-state index contributed by atoms with van der Waals surface area (Å²) in [5.41, 5.74) is 0.349. The Morgan fingerprint density at radius 2 is 2.05 bits per heavy atom. The zero-order valence-electron chi connectivity index (χ0n) is 11.9. The maximum atomic E-state index is 13.7. The number of hydrogen-bond acceptors (Lipinski definition) is 4. The summed E-state index contributed by atoms with van der Waals surface area (Å²) in [7, 11) is -3.54. The second kappa shape index (κ2) is 7.94. The fraction of sp³-hybridized carbons (Fsp3) is 0.462. The van der Waals surface area contributed by atoms with Crippen LogP contribution in [0.2, 0.25) is 0 Å².